The second-order valence-electron chi connectivity index (χ2n) is 29.8. The summed E-state index contributed by atoms with van der Waals surface area (Å²) in [5, 5.41) is 28.6. The molecule has 0 bridgehead atoms. The van der Waals surface area contributed by atoms with Gasteiger partial charge in [-0.15, -0.1) is 0 Å². The van der Waals surface area contributed by atoms with Gasteiger partial charge in [0.15, 0.2) is 56.1 Å². The van der Waals surface area contributed by atoms with Crippen LogP contribution in [0.3, 0.4) is 0 Å². The summed E-state index contributed by atoms with van der Waals surface area (Å²) in [5.41, 5.74) is -4.75. The minimum absolute atomic E-state index is 0. The lowest BCUT2D eigenvalue weighted by molar-refractivity contribution is -0.224. The molecule has 35 nitrogen and oxygen atoms in total. The zero-order chi connectivity index (χ0) is 80.6. The molecule has 113 heavy (non-hydrogen) atoms. The number of aryl methyl sites for hydroxylation is 4. The highest BCUT2D eigenvalue weighted by atomic mass is 32.2. The fraction of sp³-hybridized carbons (Fsp3) is 0.733. The van der Waals surface area contributed by atoms with Gasteiger partial charge in [0.1, 0.15) is 67.3 Å². The van der Waals surface area contributed by atoms with Gasteiger partial charge in [0, 0.05) is 61.7 Å². The molecule has 0 spiro atoms. The Morgan fingerprint density at radius 2 is 0.850 bits per heavy atom. The standard InChI is InChI=1S/C34H48N2O13S.C27H41FN2O10.C12H17FN2O6.2CH4/c1-22-12-14-24(15-13-22)50(40,41)45-19-16-35-30(37)23(2)20-36(32(35)38)31-29(48-33(39)49-34(3,4)5)28(47-27-11-7-9-18-43-27)25(46-31)21-44-26-10-6-8-17-42-26;1-17-15-30(25(32)29(12-11-28)23(17)31)24-22(39-26(33)40-27(2,3)4)21(38-20-10-6-8-14-35-20)18(37-24)16-36-19-9-5-7-13-34-19;1-6-4-15(12(20)14(3-2-13)10(6)19)11-9(18)8(17)7(5-16)21-11;;/h12-15,20,25-29,31H,6-11,16-19,21H2,1-5H3;15,18-22,24H,5-14,16H2,1-4H3;4,7-9,11,16-18H,2-3,5H2,1H3;2*1H4/t25-,26?,27?,28-,29+,31-;18-,19?,20?,21-,22+,24-;7-,8-,9+,11-;;/m111../s1/i;28-1;13-1;;. The molecule has 4 aromatic rings. The van der Waals surface area contributed by atoms with Crippen molar-refractivity contribution in [1.82, 2.24) is 27.4 Å². The van der Waals surface area contributed by atoms with Crippen LogP contribution in [0.15, 0.2) is 76.5 Å². The summed E-state index contributed by atoms with van der Waals surface area (Å²) in [6.45, 7) is 14.5. The van der Waals surface area contributed by atoms with Gasteiger partial charge in [-0.2, -0.15) is 8.42 Å². The number of hydrogen-bond donors (Lipinski definition) is 3. The number of hydrogen-bond acceptors (Lipinski definition) is 29. The molecular weight excluding hydrogens is 1520 g/mol. The molecule has 0 amide bonds. The number of carbonyl (C=O) groups excluding carboxylic acids is 2. The third kappa shape index (κ3) is 24.8. The van der Waals surface area contributed by atoms with Crippen molar-refractivity contribution in [3.05, 3.63) is 128 Å². The van der Waals surface area contributed by atoms with Crippen LogP contribution >= 0.6 is 0 Å². The first-order chi connectivity index (χ1) is 52.7. The number of halogens is 2. The Hall–Kier alpha value is -6.99. The summed E-state index contributed by atoms with van der Waals surface area (Å²) < 4.78 is 150. The minimum atomic E-state index is -4.16. The number of carbonyl (C=O) groups is 2. The average molecular weight is 1630 g/mol. The van der Waals surface area contributed by atoms with Gasteiger partial charge >= 0.3 is 29.4 Å². The molecule has 0 aliphatic carbocycles. The molecule has 4 unspecified atom stereocenters. The number of nitrogens with zero attached hydrogens (tertiary/aromatic N) is 6. The number of aliphatic hydroxyl groups excluding tert-OH is 3. The fourth-order valence-electron chi connectivity index (χ4n) is 13.3. The van der Waals surface area contributed by atoms with Crippen LogP contribution in [0.25, 0.3) is 0 Å². The molecule has 7 saturated heterocycles. The molecule has 0 radical (unpaired) electrons. The smallest absolute Gasteiger partial charge is 0.429 e. The van der Waals surface area contributed by atoms with Gasteiger partial charge in [0.05, 0.1) is 51.0 Å². The van der Waals surface area contributed by atoms with Gasteiger partial charge < -0.3 is 86.4 Å². The molecule has 7 fully saturated rings. The number of rotatable bonds is 25. The first kappa shape index (κ1) is 93.2. The van der Waals surface area contributed by atoms with Crippen LogP contribution in [0.4, 0.5) is 18.4 Å². The molecule has 7 aliphatic rings. The van der Waals surface area contributed by atoms with Crippen molar-refractivity contribution < 1.29 is 117 Å². The van der Waals surface area contributed by atoms with Crippen LogP contribution in [0.1, 0.15) is 174 Å². The van der Waals surface area contributed by atoms with E-state index in [1.165, 1.54) is 51.5 Å². The van der Waals surface area contributed by atoms with Crippen molar-refractivity contribution in [3.8, 4) is 0 Å². The van der Waals surface area contributed by atoms with Crippen LogP contribution in [0, 0.1) is 27.7 Å². The second-order valence-corrected chi connectivity index (χ2v) is 31.5. The highest BCUT2D eigenvalue weighted by Crippen LogP contribution is 2.39. The van der Waals surface area contributed by atoms with E-state index < -0.39 is 212 Å². The van der Waals surface area contributed by atoms with Crippen molar-refractivity contribution in [2.45, 2.75) is 296 Å². The molecule has 10 heterocycles. The van der Waals surface area contributed by atoms with Gasteiger partial charge in [-0.1, -0.05) is 32.5 Å². The van der Waals surface area contributed by atoms with Crippen LogP contribution in [-0.2, 0) is 105 Å². The zero-order valence-corrected chi connectivity index (χ0v) is 65.1. The van der Waals surface area contributed by atoms with Crippen LogP contribution < -0.4 is 33.7 Å². The summed E-state index contributed by atoms with van der Waals surface area (Å²) in [5.74, 6) is 0. The number of ether oxygens (including phenoxy) is 15. The van der Waals surface area contributed by atoms with E-state index >= 15 is 0 Å². The lowest BCUT2D eigenvalue weighted by atomic mass is 10.1. The highest BCUT2D eigenvalue weighted by molar-refractivity contribution is 7.86. The minimum Gasteiger partial charge on any atom is -0.429 e. The number of aromatic nitrogens is 6. The maximum atomic E-state index is 14.0. The lowest BCUT2D eigenvalue weighted by Gasteiger charge is -2.31. The normalized spacial score (nSPS) is 27.3. The molecule has 638 valence electrons. The van der Waals surface area contributed by atoms with Gasteiger partial charge in [-0.25, -0.2) is 32.8 Å². The molecule has 0 saturated carbocycles. The maximum Gasteiger partial charge on any atom is 0.509 e. The predicted octanol–water partition coefficient (Wildman–Crippen LogP) is 5.84. The van der Waals surface area contributed by atoms with E-state index in [2.05, 4.69) is 0 Å². The summed E-state index contributed by atoms with van der Waals surface area (Å²) in [6.07, 6.45) is -3.99. The van der Waals surface area contributed by atoms with E-state index in [-0.39, 0.29) is 49.7 Å². The van der Waals surface area contributed by atoms with E-state index in [0.29, 0.717) is 50.3 Å². The van der Waals surface area contributed by atoms with Crippen molar-refractivity contribution in [2.75, 3.05) is 66.2 Å². The molecule has 38 heteroatoms. The third-order valence-corrected chi connectivity index (χ3v) is 20.1. The topological polar surface area (TPSA) is 409 Å². The van der Waals surface area contributed by atoms with E-state index in [9.17, 15) is 65.8 Å². The first-order valence-corrected chi connectivity index (χ1v) is 38.9. The first-order valence-electron chi connectivity index (χ1n) is 37.5. The van der Waals surface area contributed by atoms with E-state index in [0.717, 1.165) is 86.2 Å². The van der Waals surface area contributed by atoms with Crippen molar-refractivity contribution >= 4 is 22.4 Å². The van der Waals surface area contributed by atoms with Crippen LogP contribution in [0.5, 0.6) is 0 Å². The van der Waals surface area contributed by atoms with Gasteiger partial charge in [0.2, 0.25) is 0 Å². The Labute approximate surface area is 654 Å². The predicted molar refractivity (Wildman–Crippen MR) is 398 cm³/mol. The summed E-state index contributed by atoms with van der Waals surface area (Å²) in [7, 11) is -4.16. The van der Waals surface area contributed by atoms with E-state index in [1.54, 1.807) is 53.7 Å². The highest BCUT2D eigenvalue weighted by Gasteiger charge is 2.54. The van der Waals surface area contributed by atoms with E-state index in [4.69, 9.17) is 80.3 Å². The van der Waals surface area contributed by atoms with Crippen LogP contribution in [-0.4, -0.2) is 221 Å². The Morgan fingerprint density at radius 3 is 1.19 bits per heavy atom. The molecule has 3 aromatic heterocycles. The molecule has 1 aromatic carbocycles. The summed E-state index contributed by atoms with van der Waals surface area (Å²) >= 11 is 0. The monoisotopic (exact) mass is 1630 g/mol. The quantitative estimate of drug-likeness (QED) is 0.0518. The number of aliphatic hydroxyl groups is 3. The summed E-state index contributed by atoms with van der Waals surface area (Å²) in [4.78, 5) is 103. The molecule has 16 atom stereocenters. The Morgan fingerprint density at radius 1 is 0.496 bits per heavy atom. The molecule has 11 rings (SSSR count). The Balaban J connectivity index is 0.000000251. The van der Waals surface area contributed by atoms with Gasteiger partial charge in [0.25, 0.3) is 26.8 Å². The van der Waals surface area contributed by atoms with E-state index in [1.807, 2.05) is 6.92 Å². The summed E-state index contributed by atoms with van der Waals surface area (Å²) in [6, 6.07) is 6.09. The number of benzene rings is 1. The maximum absolute atomic E-state index is 14.0. The SMILES string of the molecule is C.C.Cc1ccc(S(=O)(=O)OCCn2c(=O)c(C)cn([C@@H]3O[C@H](COC4CCCCO4)[C@@H](OC4CCCCO4)[C@@H]3OC(=O)OC(C)(C)C)c2=O)cc1.Cc1cn([C@@H]2O[C@H](CO)[C@@H](O)[C@@H]2O)c(=O)n(CC[18F])c1=O.Cc1cn([C@@H]2O[C@H](COC3CCCCO3)[C@@H](OC3CCCCO3)[C@@H]2OC(=O)OC(C)(C)C)c(=O)n(CC[18F])c1=O. The fourth-order valence-corrected chi connectivity index (χ4v) is 14.2. The number of alkyl halides is 2. The average Bonchev–Trinajstić information content (AvgIpc) is 1.66. The van der Waals surface area contributed by atoms with Gasteiger partial charge in [-0.05, 0) is 158 Å². The van der Waals surface area contributed by atoms with Crippen molar-refractivity contribution in [1.29, 1.82) is 0 Å². The second kappa shape index (κ2) is 42.2. The van der Waals surface area contributed by atoms with Crippen LogP contribution in [0.2, 0.25) is 0 Å². The van der Waals surface area contributed by atoms with Gasteiger partial charge in [-0.3, -0.25) is 46.0 Å². The zero-order valence-electron chi connectivity index (χ0n) is 64.3. The molecule has 3 N–H and O–H groups in total. The molecular formula is C75H114F2N6O29S. The van der Waals surface area contributed by atoms with Crippen molar-refractivity contribution in [2.24, 2.45) is 0 Å². The largest absolute Gasteiger partial charge is 0.509 e. The Bertz CT molecular complexity index is 4210. The van der Waals surface area contributed by atoms with Crippen molar-refractivity contribution in [3.63, 3.8) is 0 Å². The Kier molecular flexibility index (Phi) is 34.8. The third-order valence-electron chi connectivity index (χ3n) is 18.8. The molecule has 7 aliphatic heterocycles. The lowest BCUT2D eigenvalue weighted by Crippen LogP contribution is -2.47.